The van der Waals surface area contributed by atoms with E-state index in [0.29, 0.717) is 16.9 Å². The summed E-state index contributed by atoms with van der Waals surface area (Å²) in [5.41, 5.74) is 0.770. The Kier molecular flexibility index (Phi) is 7.89. The molecule has 6 nitrogen and oxygen atoms in total. The first-order chi connectivity index (χ1) is 14.4. The molecular formula is C24H32O6Si. The van der Waals surface area contributed by atoms with Gasteiger partial charge in [-0.25, -0.2) is 9.59 Å². The number of phenolic OH excluding ortho intramolecular Hbond substituents is 1. The Bertz CT molecular complexity index is 902. The van der Waals surface area contributed by atoms with Crippen molar-refractivity contribution in [3.05, 3.63) is 59.7 Å². The number of hydrogen-bond donors (Lipinski definition) is 1. The van der Waals surface area contributed by atoms with Gasteiger partial charge >= 0.3 is 11.9 Å². The zero-order valence-corrected chi connectivity index (χ0v) is 20.1. The summed E-state index contributed by atoms with van der Waals surface area (Å²) in [7, 11) is -2.09. The number of benzene rings is 2. The summed E-state index contributed by atoms with van der Waals surface area (Å²) in [5.74, 6) is -0.697. The lowest BCUT2D eigenvalue weighted by atomic mass is 10.1. The van der Waals surface area contributed by atoms with E-state index in [9.17, 15) is 14.7 Å². The molecule has 0 bridgehead atoms. The number of carbonyl (C=O) groups is 2. The average molecular weight is 445 g/mol. The van der Waals surface area contributed by atoms with Crippen LogP contribution in [0, 0.1) is 0 Å². The third-order valence-electron chi connectivity index (χ3n) is 5.44. The first-order valence-electron chi connectivity index (χ1n) is 10.4. The third kappa shape index (κ3) is 6.59. The van der Waals surface area contributed by atoms with Crippen LogP contribution in [0.15, 0.2) is 48.5 Å². The molecule has 0 fully saturated rings. The van der Waals surface area contributed by atoms with Crippen LogP contribution in [0.25, 0.3) is 0 Å². The van der Waals surface area contributed by atoms with Crippen LogP contribution in [0.4, 0.5) is 0 Å². The Morgan fingerprint density at radius 2 is 1.71 bits per heavy atom. The van der Waals surface area contributed by atoms with Crippen molar-refractivity contribution in [1.82, 2.24) is 0 Å². The number of rotatable bonds is 8. The van der Waals surface area contributed by atoms with Crippen LogP contribution in [0.3, 0.4) is 0 Å². The molecule has 2 rings (SSSR count). The van der Waals surface area contributed by atoms with Crippen molar-refractivity contribution in [1.29, 1.82) is 0 Å². The van der Waals surface area contributed by atoms with Crippen molar-refractivity contribution < 1.29 is 28.6 Å². The fourth-order valence-corrected chi connectivity index (χ4v) is 3.64. The van der Waals surface area contributed by atoms with Gasteiger partial charge in [-0.3, -0.25) is 0 Å². The van der Waals surface area contributed by atoms with Gasteiger partial charge in [-0.2, -0.15) is 0 Å². The van der Waals surface area contributed by atoms with Gasteiger partial charge in [0.1, 0.15) is 11.5 Å². The number of phenols is 1. The van der Waals surface area contributed by atoms with E-state index in [4.69, 9.17) is 13.9 Å². The lowest BCUT2D eigenvalue weighted by molar-refractivity contribution is -0.153. The van der Waals surface area contributed by atoms with E-state index in [1.807, 2.05) is 0 Å². The smallest absolute Gasteiger partial charge is 0.347 e. The van der Waals surface area contributed by atoms with Gasteiger partial charge in [0.2, 0.25) is 14.4 Å². The van der Waals surface area contributed by atoms with E-state index < -0.39 is 26.4 Å². The molecule has 1 N–H and O–H groups in total. The Hall–Kier alpha value is -2.80. The van der Waals surface area contributed by atoms with Crippen LogP contribution >= 0.6 is 0 Å². The number of aromatic hydroxyl groups is 1. The SMILES string of the molecule is CCOC(=O)[C@H](Cc1cc(O[Si](C)(C)C(C)(C)C)ccc1O)OC(=O)c1ccccc1. The normalized spacial score (nSPS) is 12.7. The van der Waals surface area contributed by atoms with Gasteiger partial charge in [0.15, 0.2) is 0 Å². The average Bonchev–Trinajstić information content (AvgIpc) is 2.69. The fourth-order valence-electron chi connectivity index (χ4n) is 2.62. The van der Waals surface area contributed by atoms with Crippen LogP contribution in [0.1, 0.15) is 43.6 Å². The van der Waals surface area contributed by atoms with E-state index in [0.717, 1.165) is 0 Å². The molecule has 0 aromatic heterocycles. The predicted octanol–water partition coefficient (Wildman–Crippen LogP) is 5.11. The van der Waals surface area contributed by atoms with Crippen LogP contribution in [0.5, 0.6) is 11.5 Å². The van der Waals surface area contributed by atoms with Gasteiger partial charge in [-0.05, 0) is 55.4 Å². The molecule has 0 spiro atoms. The highest BCUT2D eigenvalue weighted by Gasteiger charge is 2.39. The summed E-state index contributed by atoms with van der Waals surface area (Å²) in [6.45, 7) is 12.5. The van der Waals surface area contributed by atoms with Gasteiger partial charge in [-0.15, -0.1) is 0 Å². The maximum Gasteiger partial charge on any atom is 0.347 e. The number of esters is 2. The van der Waals surface area contributed by atoms with Gasteiger partial charge in [0.25, 0.3) is 0 Å². The lowest BCUT2D eigenvalue weighted by Crippen LogP contribution is -2.43. The minimum absolute atomic E-state index is 0.00370. The van der Waals surface area contributed by atoms with E-state index in [1.54, 1.807) is 49.4 Å². The van der Waals surface area contributed by atoms with Crippen LogP contribution in [-0.2, 0) is 20.7 Å². The summed E-state index contributed by atoms with van der Waals surface area (Å²) in [6, 6.07) is 13.3. The second-order valence-corrected chi connectivity index (χ2v) is 13.6. The second kappa shape index (κ2) is 10.0. The van der Waals surface area contributed by atoms with Crippen molar-refractivity contribution in [3.63, 3.8) is 0 Å². The van der Waals surface area contributed by atoms with Gasteiger partial charge in [-0.1, -0.05) is 39.0 Å². The van der Waals surface area contributed by atoms with E-state index in [2.05, 4.69) is 33.9 Å². The molecule has 0 amide bonds. The quantitative estimate of drug-likeness (QED) is 0.450. The fraction of sp³-hybridized carbons (Fsp3) is 0.417. The third-order valence-corrected chi connectivity index (χ3v) is 9.80. The maximum atomic E-state index is 12.5. The molecule has 0 unspecified atom stereocenters. The Morgan fingerprint density at radius 1 is 1.06 bits per heavy atom. The van der Waals surface area contributed by atoms with Gasteiger partial charge in [0, 0.05) is 12.0 Å². The molecule has 7 heteroatoms. The minimum atomic E-state index is -2.09. The second-order valence-electron chi connectivity index (χ2n) is 8.87. The first kappa shape index (κ1) is 24.5. The van der Waals surface area contributed by atoms with E-state index in [1.165, 1.54) is 6.07 Å². The van der Waals surface area contributed by atoms with Crippen LogP contribution in [-0.4, -0.2) is 38.1 Å². The summed E-state index contributed by atoms with van der Waals surface area (Å²) < 4.78 is 16.8. The molecule has 168 valence electrons. The molecule has 0 aliphatic rings. The molecule has 0 saturated heterocycles. The van der Waals surface area contributed by atoms with Gasteiger partial charge < -0.3 is 19.0 Å². The predicted molar refractivity (Wildman–Crippen MR) is 122 cm³/mol. The monoisotopic (exact) mass is 444 g/mol. The van der Waals surface area contributed by atoms with Crippen LogP contribution in [0.2, 0.25) is 18.1 Å². The molecule has 0 heterocycles. The molecule has 2 aromatic rings. The summed E-state index contributed by atoms with van der Waals surface area (Å²) in [4.78, 5) is 25.0. The molecule has 0 saturated carbocycles. The Labute approximate surface area is 185 Å². The standard InChI is InChI=1S/C24H32O6Si/c1-7-28-23(27)21(29-22(26)17-11-9-8-10-12-17)16-18-15-19(13-14-20(18)25)30-31(5,6)24(2,3)4/h8-15,21,25H,7,16H2,1-6H3/t21-/m0/s1. The van der Waals surface area contributed by atoms with E-state index >= 15 is 0 Å². The zero-order valence-electron chi connectivity index (χ0n) is 19.1. The zero-order chi connectivity index (χ0) is 23.2. The summed E-state index contributed by atoms with van der Waals surface area (Å²) in [6.07, 6.45) is -1.22. The number of hydrogen-bond acceptors (Lipinski definition) is 6. The topological polar surface area (TPSA) is 82.1 Å². The lowest BCUT2D eigenvalue weighted by Gasteiger charge is -2.36. The maximum absolute atomic E-state index is 12.5. The summed E-state index contributed by atoms with van der Waals surface area (Å²) >= 11 is 0. The Morgan fingerprint density at radius 3 is 2.29 bits per heavy atom. The molecule has 1 atom stereocenters. The highest BCUT2D eigenvalue weighted by atomic mass is 28.4. The molecule has 31 heavy (non-hydrogen) atoms. The minimum Gasteiger partial charge on any atom is -0.543 e. The van der Waals surface area contributed by atoms with Crippen LogP contribution < -0.4 is 4.43 Å². The molecular weight excluding hydrogens is 412 g/mol. The largest absolute Gasteiger partial charge is 0.543 e. The van der Waals surface area contributed by atoms with Crippen molar-refractivity contribution in [2.24, 2.45) is 0 Å². The number of ether oxygens (including phenoxy) is 2. The van der Waals surface area contributed by atoms with Crippen molar-refractivity contribution in [2.75, 3.05) is 6.61 Å². The summed E-state index contributed by atoms with van der Waals surface area (Å²) in [5, 5.41) is 10.4. The highest BCUT2D eigenvalue weighted by Crippen LogP contribution is 2.38. The van der Waals surface area contributed by atoms with Gasteiger partial charge in [0.05, 0.1) is 12.2 Å². The van der Waals surface area contributed by atoms with Crippen molar-refractivity contribution >= 4 is 20.3 Å². The number of carbonyl (C=O) groups excluding carboxylic acids is 2. The molecule has 0 aliphatic carbocycles. The van der Waals surface area contributed by atoms with Crippen molar-refractivity contribution in [3.8, 4) is 11.5 Å². The first-order valence-corrected chi connectivity index (χ1v) is 13.3. The Balaban J connectivity index is 2.27. The molecule has 0 aliphatic heterocycles. The molecule has 0 radical (unpaired) electrons. The van der Waals surface area contributed by atoms with E-state index in [-0.39, 0.29) is 23.8 Å². The molecule has 2 aromatic carbocycles. The highest BCUT2D eigenvalue weighted by molar-refractivity contribution is 6.74. The van der Waals surface area contributed by atoms with Crippen molar-refractivity contribution in [2.45, 2.75) is 58.4 Å².